The standard InChI is InChI=1S/C9H15NO2S/c11-5-7-3-9(12)10(4-7)8-1-2-13-6-8/h7-8,11H,1-6H2. The summed E-state index contributed by atoms with van der Waals surface area (Å²) in [7, 11) is 0. The van der Waals surface area contributed by atoms with Crippen molar-refractivity contribution in [2.75, 3.05) is 24.7 Å². The Labute approximate surface area is 82.5 Å². The second kappa shape index (κ2) is 3.88. The molecule has 2 fully saturated rings. The predicted octanol–water partition coefficient (Wildman–Crippen LogP) is 0.333. The topological polar surface area (TPSA) is 40.5 Å². The highest BCUT2D eigenvalue weighted by molar-refractivity contribution is 7.99. The molecule has 0 aromatic rings. The molecular weight excluding hydrogens is 186 g/mol. The van der Waals surface area contributed by atoms with Crippen LogP contribution in [0.4, 0.5) is 0 Å². The zero-order valence-electron chi connectivity index (χ0n) is 7.61. The fourth-order valence-corrected chi connectivity index (χ4v) is 3.28. The molecule has 0 bridgehead atoms. The molecule has 3 nitrogen and oxygen atoms in total. The van der Waals surface area contributed by atoms with E-state index in [1.54, 1.807) is 0 Å². The van der Waals surface area contributed by atoms with E-state index in [1.165, 1.54) is 5.75 Å². The van der Waals surface area contributed by atoms with Crippen LogP contribution >= 0.6 is 11.8 Å². The number of carbonyl (C=O) groups excluding carboxylic acids is 1. The molecule has 0 aromatic heterocycles. The van der Waals surface area contributed by atoms with Crippen molar-refractivity contribution >= 4 is 17.7 Å². The average molecular weight is 201 g/mol. The molecule has 2 unspecified atom stereocenters. The predicted molar refractivity (Wildman–Crippen MR) is 52.6 cm³/mol. The molecule has 2 aliphatic heterocycles. The molecule has 2 atom stereocenters. The van der Waals surface area contributed by atoms with Crippen molar-refractivity contribution in [2.24, 2.45) is 5.92 Å². The molecule has 0 radical (unpaired) electrons. The van der Waals surface area contributed by atoms with Gasteiger partial charge in [0.2, 0.25) is 5.91 Å². The fraction of sp³-hybridized carbons (Fsp3) is 0.889. The molecule has 4 heteroatoms. The van der Waals surface area contributed by atoms with E-state index in [4.69, 9.17) is 5.11 Å². The first-order chi connectivity index (χ1) is 6.31. The van der Waals surface area contributed by atoms with Crippen molar-refractivity contribution in [3.05, 3.63) is 0 Å². The summed E-state index contributed by atoms with van der Waals surface area (Å²) in [5.74, 6) is 2.70. The van der Waals surface area contributed by atoms with E-state index in [0.29, 0.717) is 12.5 Å². The minimum absolute atomic E-state index is 0.155. The van der Waals surface area contributed by atoms with Gasteiger partial charge in [-0.2, -0.15) is 11.8 Å². The summed E-state index contributed by atoms with van der Waals surface area (Å²) in [5.41, 5.74) is 0. The zero-order valence-corrected chi connectivity index (χ0v) is 8.42. The number of aliphatic hydroxyl groups is 1. The van der Waals surface area contributed by atoms with E-state index in [-0.39, 0.29) is 18.4 Å². The molecule has 0 saturated carbocycles. The van der Waals surface area contributed by atoms with Gasteiger partial charge in [-0.1, -0.05) is 0 Å². The van der Waals surface area contributed by atoms with E-state index in [1.807, 2.05) is 16.7 Å². The van der Waals surface area contributed by atoms with Crippen molar-refractivity contribution in [1.82, 2.24) is 4.90 Å². The summed E-state index contributed by atoms with van der Waals surface area (Å²) in [6.07, 6.45) is 1.69. The SMILES string of the molecule is O=C1CC(CO)CN1C1CCSC1. The van der Waals surface area contributed by atoms with E-state index in [2.05, 4.69) is 0 Å². The average Bonchev–Trinajstić information content (AvgIpc) is 2.72. The number of amides is 1. The van der Waals surface area contributed by atoms with Crippen LogP contribution in [0.5, 0.6) is 0 Å². The van der Waals surface area contributed by atoms with Gasteiger partial charge in [0.05, 0.1) is 0 Å². The lowest BCUT2D eigenvalue weighted by Gasteiger charge is -2.23. The molecule has 1 N–H and O–H groups in total. The lowest BCUT2D eigenvalue weighted by Crippen LogP contribution is -2.36. The van der Waals surface area contributed by atoms with Crippen LogP contribution in [0.15, 0.2) is 0 Å². The van der Waals surface area contributed by atoms with Crippen molar-refractivity contribution in [3.63, 3.8) is 0 Å². The van der Waals surface area contributed by atoms with Gasteiger partial charge in [0.1, 0.15) is 0 Å². The monoisotopic (exact) mass is 201 g/mol. The lowest BCUT2D eigenvalue weighted by atomic mass is 10.1. The largest absolute Gasteiger partial charge is 0.396 e. The molecular formula is C9H15NO2S. The molecule has 13 heavy (non-hydrogen) atoms. The lowest BCUT2D eigenvalue weighted by molar-refractivity contribution is -0.129. The van der Waals surface area contributed by atoms with Gasteiger partial charge in [0, 0.05) is 37.3 Å². The van der Waals surface area contributed by atoms with Crippen LogP contribution in [-0.2, 0) is 4.79 Å². The molecule has 0 spiro atoms. The summed E-state index contributed by atoms with van der Waals surface area (Å²) in [6.45, 7) is 0.933. The highest BCUT2D eigenvalue weighted by atomic mass is 32.2. The normalized spacial score (nSPS) is 34.5. The van der Waals surface area contributed by atoms with Gasteiger partial charge in [0.25, 0.3) is 0 Å². The highest BCUT2D eigenvalue weighted by Gasteiger charge is 2.35. The summed E-state index contributed by atoms with van der Waals surface area (Å²) < 4.78 is 0. The summed E-state index contributed by atoms with van der Waals surface area (Å²) in [5, 5.41) is 8.96. The van der Waals surface area contributed by atoms with Gasteiger partial charge in [-0.15, -0.1) is 0 Å². The number of nitrogens with zero attached hydrogens (tertiary/aromatic N) is 1. The number of rotatable bonds is 2. The first-order valence-corrected chi connectivity index (χ1v) is 5.95. The van der Waals surface area contributed by atoms with Crippen LogP contribution in [0.1, 0.15) is 12.8 Å². The van der Waals surface area contributed by atoms with Gasteiger partial charge in [-0.05, 0) is 12.2 Å². The third-order valence-corrected chi connectivity index (χ3v) is 3.99. The minimum Gasteiger partial charge on any atom is -0.396 e. The Balaban J connectivity index is 1.95. The Bertz CT molecular complexity index is 204. The number of thioether (sulfide) groups is 1. The molecule has 2 rings (SSSR count). The third-order valence-electron chi connectivity index (χ3n) is 2.84. The summed E-state index contributed by atoms with van der Waals surface area (Å²) in [6, 6.07) is 0.453. The fourth-order valence-electron chi connectivity index (χ4n) is 2.05. The Morgan fingerprint density at radius 1 is 1.62 bits per heavy atom. The van der Waals surface area contributed by atoms with Crippen LogP contribution < -0.4 is 0 Å². The molecule has 74 valence electrons. The minimum atomic E-state index is 0.155. The maximum atomic E-state index is 11.5. The van der Waals surface area contributed by atoms with Gasteiger partial charge >= 0.3 is 0 Å². The van der Waals surface area contributed by atoms with Crippen molar-refractivity contribution in [3.8, 4) is 0 Å². The number of likely N-dealkylation sites (tertiary alicyclic amines) is 1. The highest BCUT2D eigenvalue weighted by Crippen LogP contribution is 2.27. The number of hydrogen-bond acceptors (Lipinski definition) is 3. The van der Waals surface area contributed by atoms with E-state index in [0.717, 1.165) is 18.7 Å². The zero-order chi connectivity index (χ0) is 9.26. The Kier molecular flexibility index (Phi) is 2.79. The quantitative estimate of drug-likeness (QED) is 0.700. The van der Waals surface area contributed by atoms with Gasteiger partial charge < -0.3 is 10.0 Å². The van der Waals surface area contributed by atoms with Crippen molar-refractivity contribution in [1.29, 1.82) is 0 Å². The van der Waals surface area contributed by atoms with Crippen LogP contribution in [0.25, 0.3) is 0 Å². The van der Waals surface area contributed by atoms with E-state index < -0.39 is 0 Å². The van der Waals surface area contributed by atoms with Gasteiger partial charge in [0.15, 0.2) is 0 Å². The van der Waals surface area contributed by atoms with Crippen molar-refractivity contribution < 1.29 is 9.90 Å². The number of aliphatic hydroxyl groups excluding tert-OH is 1. The Morgan fingerprint density at radius 3 is 3.00 bits per heavy atom. The number of hydrogen-bond donors (Lipinski definition) is 1. The second-order valence-corrected chi connectivity index (χ2v) is 4.97. The first-order valence-electron chi connectivity index (χ1n) is 4.79. The van der Waals surface area contributed by atoms with Gasteiger partial charge in [-0.3, -0.25) is 4.79 Å². The second-order valence-electron chi connectivity index (χ2n) is 3.82. The number of carbonyl (C=O) groups is 1. The first kappa shape index (κ1) is 9.34. The van der Waals surface area contributed by atoms with Crippen LogP contribution in [0, 0.1) is 5.92 Å². The summed E-state index contributed by atoms with van der Waals surface area (Å²) >= 11 is 1.92. The maximum absolute atomic E-state index is 11.5. The maximum Gasteiger partial charge on any atom is 0.223 e. The van der Waals surface area contributed by atoms with Gasteiger partial charge in [-0.25, -0.2) is 0 Å². The molecule has 1 amide bonds. The van der Waals surface area contributed by atoms with Crippen molar-refractivity contribution in [2.45, 2.75) is 18.9 Å². The molecule has 0 aliphatic carbocycles. The molecule has 2 saturated heterocycles. The molecule has 0 aromatic carbocycles. The summed E-state index contributed by atoms with van der Waals surface area (Å²) in [4.78, 5) is 13.5. The smallest absolute Gasteiger partial charge is 0.223 e. The van der Waals surface area contributed by atoms with E-state index >= 15 is 0 Å². The third kappa shape index (κ3) is 1.83. The van der Waals surface area contributed by atoms with Crippen LogP contribution in [-0.4, -0.2) is 46.6 Å². The molecule has 2 aliphatic rings. The van der Waals surface area contributed by atoms with Crippen LogP contribution in [0.2, 0.25) is 0 Å². The Morgan fingerprint density at radius 2 is 2.46 bits per heavy atom. The molecule has 2 heterocycles. The van der Waals surface area contributed by atoms with Crippen LogP contribution in [0.3, 0.4) is 0 Å². The Hall–Kier alpha value is -0.220. The van der Waals surface area contributed by atoms with E-state index in [9.17, 15) is 4.79 Å².